The van der Waals surface area contributed by atoms with Gasteiger partial charge in [0, 0.05) is 21.5 Å². The van der Waals surface area contributed by atoms with E-state index in [2.05, 4.69) is 55.4 Å². The van der Waals surface area contributed by atoms with Gasteiger partial charge < -0.3 is 27.5 Å². The number of carbonyl (C=O) groups excluding carboxylic acids is 2. The van der Waals surface area contributed by atoms with Gasteiger partial charge in [0.15, 0.2) is 0 Å². The standard InChI is InChI=1S/2C9H18NO2.H2O4S/c2*1-8(2)9(11)12-7-6-10(3,4)5;1-5(2,3)4/h2*1,6-7H2,2-5H3;(H2,1,2,3,4)/q2*+1;/p-2. The maximum Gasteiger partial charge on any atom is 0.333 e. The molecule has 0 heterocycles. The van der Waals surface area contributed by atoms with Crippen LogP contribution in [0, 0.1) is 0 Å². The fourth-order valence-corrected chi connectivity index (χ4v) is 1.07. The van der Waals surface area contributed by atoms with Crippen LogP contribution in [0.3, 0.4) is 0 Å². The zero-order chi connectivity index (χ0) is 24.1. The summed E-state index contributed by atoms with van der Waals surface area (Å²) in [6.07, 6.45) is 0. The SMILES string of the molecule is C=C(C)C(=O)OCC[N+](C)(C)C.C=C(C)C(=O)OCC[N+](C)(C)C.O=S(=O)([O-])[O-]. The minimum absolute atomic E-state index is 0.302. The number of hydrogen-bond acceptors (Lipinski definition) is 8. The van der Waals surface area contributed by atoms with E-state index >= 15 is 0 Å². The summed E-state index contributed by atoms with van der Waals surface area (Å²) >= 11 is 0. The van der Waals surface area contributed by atoms with Crippen LogP contribution in [-0.4, -0.2) is 107 Å². The van der Waals surface area contributed by atoms with Gasteiger partial charge in [-0.05, 0) is 13.8 Å². The highest BCUT2D eigenvalue weighted by molar-refractivity contribution is 7.79. The third-order valence-corrected chi connectivity index (χ3v) is 2.69. The van der Waals surface area contributed by atoms with Crippen molar-refractivity contribution in [2.45, 2.75) is 13.8 Å². The van der Waals surface area contributed by atoms with E-state index in [4.69, 9.17) is 27.0 Å². The molecule has 0 rings (SSSR count). The Balaban J connectivity index is -0.000000380. The average molecular weight is 441 g/mol. The molecule has 0 aliphatic rings. The molecule has 0 unspecified atom stereocenters. The highest BCUT2D eigenvalue weighted by Gasteiger charge is 2.10. The lowest BCUT2D eigenvalue weighted by atomic mass is 10.4. The van der Waals surface area contributed by atoms with Crippen LogP contribution in [0.1, 0.15) is 13.8 Å². The van der Waals surface area contributed by atoms with Crippen LogP contribution in [-0.2, 0) is 29.5 Å². The largest absolute Gasteiger partial charge is 0.759 e. The molecule has 0 aliphatic heterocycles. The molecule has 0 aromatic heterocycles. The summed E-state index contributed by atoms with van der Waals surface area (Å²) in [7, 11) is 7.13. The molecule has 10 nitrogen and oxygen atoms in total. The quantitative estimate of drug-likeness (QED) is 0.173. The van der Waals surface area contributed by atoms with E-state index in [-0.39, 0.29) is 11.9 Å². The molecule has 0 bridgehead atoms. The lowest BCUT2D eigenvalue weighted by molar-refractivity contribution is -0.870. The second-order valence-corrected chi connectivity index (χ2v) is 9.09. The van der Waals surface area contributed by atoms with Gasteiger partial charge in [0.2, 0.25) is 0 Å². The van der Waals surface area contributed by atoms with Crippen LogP contribution in [0.15, 0.2) is 24.3 Å². The van der Waals surface area contributed by atoms with Crippen molar-refractivity contribution in [2.75, 3.05) is 68.6 Å². The number of ether oxygens (including phenoxy) is 2. The maximum absolute atomic E-state index is 10.9. The summed E-state index contributed by atoms with van der Waals surface area (Å²) in [4.78, 5) is 21.8. The molecule has 0 saturated carbocycles. The van der Waals surface area contributed by atoms with E-state index in [0.29, 0.717) is 24.4 Å². The van der Waals surface area contributed by atoms with Crippen LogP contribution in [0.25, 0.3) is 0 Å². The zero-order valence-electron chi connectivity index (χ0n) is 18.8. The number of rotatable bonds is 8. The molecule has 0 aromatic rings. The van der Waals surface area contributed by atoms with Crippen molar-refractivity contribution in [1.29, 1.82) is 0 Å². The summed E-state index contributed by atoms with van der Waals surface area (Å²) in [5, 5.41) is 0. The molecule has 29 heavy (non-hydrogen) atoms. The van der Waals surface area contributed by atoms with Gasteiger partial charge in [0.05, 0.1) is 42.3 Å². The van der Waals surface area contributed by atoms with Crippen molar-refractivity contribution in [3.8, 4) is 0 Å². The molecule has 172 valence electrons. The van der Waals surface area contributed by atoms with Gasteiger partial charge in [-0.2, -0.15) is 0 Å². The third-order valence-electron chi connectivity index (χ3n) is 2.69. The van der Waals surface area contributed by atoms with Gasteiger partial charge in [-0.25, -0.2) is 9.59 Å². The normalized spacial score (nSPS) is 11.1. The molecule has 0 aliphatic carbocycles. The van der Waals surface area contributed by atoms with E-state index in [1.165, 1.54) is 0 Å². The molecule has 0 aromatic carbocycles. The summed E-state index contributed by atoms with van der Waals surface area (Å²) < 4.78 is 45.5. The Morgan fingerprint density at radius 2 is 0.966 bits per heavy atom. The van der Waals surface area contributed by atoms with Crippen molar-refractivity contribution in [3.05, 3.63) is 24.3 Å². The zero-order valence-corrected chi connectivity index (χ0v) is 19.6. The highest BCUT2D eigenvalue weighted by Crippen LogP contribution is 1.95. The van der Waals surface area contributed by atoms with E-state index in [1.807, 2.05) is 0 Å². The molecule has 11 heteroatoms. The summed E-state index contributed by atoms with van der Waals surface area (Å²) in [5.41, 5.74) is 0.910. The van der Waals surface area contributed by atoms with Gasteiger partial charge in [-0.1, -0.05) is 13.2 Å². The second kappa shape index (κ2) is 14.2. The van der Waals surface area contributed by atoms with Crippen LogP contribution >= 0.6 is 0 Å². The van der Waals surface area contributed by atoms with E-state index in [0.717, 1.165) is 22.1 Å². The highest BCUT2D eigenvalue weighted by atomic mass is 32.3. The van der Waals surface area contributed by atoms with Crippen LogP contribution in [0.4, 0.5) is 0 Å². The summed E-state index contributed by atoms with van der Waals surface area (Å²) in [6, 6.07) is 0. The fourth-order valence-electron chi connectivity index (χ4n) is 1.07. The second-order valence-electron chi connectivity index (χ2n) is 8.27. The molecule has 0 saturated heterocycles. The molecule has 0 atom stereocenters. The molecular weight excluding hydrogens is 404 g/mol. The van der Waals surface area contributed by atoms with Crippen molar-refractivity contribution < 1.29 is 45.6 Å². The lowest BCUT2D eigenvalue weighted by Crippen LogP contribution is -2.38. The minimum atomic E-state index is -5.17. The number of esters is 2. The molecule has 0 amide bonds. The van der Waals surface area contributed by atoms with Crippen LogP contribution < -0.4 is 0 Å². The van der Waals surface area contributed by atoms with Gasteiger partial charge >= 0.3 is 11.9 Å². The van der Waals surface area contributed by atoms with Gasteiger partial charge in [0.1, 0.15) is 26.3 Å². The lowest BCUT2D eigenvalue weighted by Gasteiger charge is -2.23. The van der Waals surface area contributed by atoms with Crippen molar-refractivity contribution in [2.24, 2.45) is 0 Å². The van der Waals surface area contributed by atoms with E-state index in [1.54, 1.807) is 13.8 Å². The predicted octanol–water partition coefficient (Wildman–Crippen LogP) is 0.286. The minimum Gasteiger partial charge on any atom is -0.759 e. The third kappa shape index (κ3) is 37.6. The molecule has 0 fully saturated rings. The topological polar surface area (TPSA) is 133 Å². The van der Waals surface area contributed by atoms with Gasteiger partial charge in [-0.15, -0.1) is 0 Å². The molecule has 0 spiro atoms. The van der Waals surface area contributed by atoms with Gasteiger partial charge in [-0.3, -0.25) is 8.42 Å². The fraction of sp³-hybridized carbons (Fsp3) is 0.667. The first-order valence-corrected chi connectivity index (χ1v) is 9.92. The predicted molar refractivity (Wildman–Crippen MR) is 108 cm³/mol. The first kappa shape index (κ1) is 31.9. The monoisotopic (exact) mass is 440 g/mol. The Labute approximate surface area is 175 Å². The molecule has 0 N–H and O–H groups in total. The van der Waals surface area contributed by atoms with Crippen molar-refractivity contribution >= 4 is 22.3 Å². The smallest absolute Gasteiger partial charge is 0.333 e. The maximum atomic E-state index is 10.9. The van der Waals surface area contributed by atoms with Crippen molar-refractivity contribution in [3.63, 3.8) is 0 Å². The van der Waals surface area contributed by atoms with Gasteiger partial charge in [0.25, 0.3) is 0 Å². The number of quaternary nitrogens is 2. The van der Waals surface area contributed by atoms with Crippen LogP contribution in [0.5, 0.6) is 0 Å². The molecular formula is C18H36N2O8S. The summed E-state index contributed by atoms with van der Waals surface area (Å²) in [5.74, 6) is -0.605. The Hall–Kier alpha value is -1.79. The van der Waals surface area contributed by atoms with E-state index in [9.17, 15) is 9.59 Å². The number of likely N-dealkylation sites (N-methyl/N-ethyl adjacent to an activating group) is 2. The first-order chi connectivity index (χ1) is 12.7. The summed E-state index contributed by atoms with van der Waals surface area (Å²) in [6.45, 7) is 12.8. The Morgan fingerprint density at radius 1 is 0.759 bits per heavy atom. The Bertz CT molecular complexity index is 594. The van der Waals surface area contributed by atoms with E-state index < -0.39 is 10.4 Å². The first-order valence-electron chi connectivity index (χ1n) is 8.58. The number of nitrogens with zero attached hydrogens (tertiary/aromatic N) is 2. The number of hydrogen-bond donors (Lipinski definition) is 0. The Morgan fingerprint density at radius 3 is 1.10 bits per heavy atom. The molecule has 0 radical (unpaired) electrons. The van der Waals surface area contributed by atoms with Crippen molar-refractivity contribution in [1.82, 2.24) is 0 Å². The van der Waals surface area contributed by atoms with Crippen LogP contribution in [0.2, 0.25) is 0 Å². The Kier molecular flexibility index (Phi) is 15.7. The number of carbonyl (C=O) groups is 2. The average Bonchev–Trinajstić information content (AvgIpc) is 2.42.